The third kappa shape index (κ3) is 5.43. The van der Waals surface area contributed by atoms with Crippen LogP contribution in [-0.2, 0) is 14.8 Å². The first-order valence-electron chi connectivity index (χ1n) is 12.1. The molecule has 0 radical (unpaired) electrons. The molecule has 1 saturated carbocycles. The lowest BCUT2D eigenvalue weighted by Crippen LogP contribution is -2.39. The summed E-state index contributed by atoms with van der Waals surface area (Å²) in [4.78, 5) is 18.6. The number of hydrogen-bond donors (Lipinski definition) is 1. The van der Waals surface area contributed by atoms with E-state index in [1.807, 2.05) is 13.0 Å². The molecule has 4 heterocycles. The SMILES string of the molecule is CC1(NS(=O)(=O)c2cc(C3=CCN(C(=O)OC(C)(C)C)CC3)c3ncc(-c4nnc(C(F)F)s4)n3c2)CC1. The number of rotatable bonds is 6. The molecule has 38 heavy (non-hydrogen) atoms. The zero-order chi connectivity index (χ0) is 27.5. The summed E-state index contributed by atoms with van der Waals surface area (Å²) in [6.07, 6.45) is 3.48. The van der Waals surface area contributed by atoms with Gasteiger partial charge in [-0.15, -0.1) is 10.2 Å². The number of fused-ring (bicyclic) bond motifs is 1. The number of nitrogens with zero attached hydrogens (tertiary/aromatic N) is 5. The van der Waals surface area contributed by atoms with E-state index in [0.717, 1.165) is 29.8 Å². The second-order valence-electron chi connectivity index (χ2n) is 10.7. The predicted molar refractivity (Wildman–Crippen MR) is 137 cm³/mol. The number of halogens is 2. The molecule has 1 N–H and O–H groups in total. The van der Waals surface area contributed by atoms with Gasteiger partial charge in [0.25, 0.3) is 6.43 Å². The number of amides is 1. The van der Waals surface area contributed by atoms with Crippen molar-refractivity contribution in [1.29, 1.82) is 0 Å². The summed E-state index contributed by atoms with van der Waals surface area (Å²) in [5.41, 5.74) is 1.07. The molecule has 1 fully saturated rings. The van der Waals surface area contributed by atoms with Crippen molar-refractivity contribution in [3.63, 3.8) is 0 Å². The maximum Gasteiger partial charge on any atom is 0.410 e. The highest BCUT2D eigenvalue weighted by atomic mass is 32.2. The zero-order valence-electron chi connectivity index (χ0n) is 21.4. The van der Waals surface area contributed by atoms with Gasteiger partial charge in [0.2, 0.25) is 10.0 Å². The van der Waals surface area contributed by atoms with Gasteiger partial charge in [0.15, 0.2) is 10.0 Å². The average molecular weight is 567 g/mol. The van der Waals surface area contributed by atoms with E-state index in [9.17, 15) is 22.0 Å². The first-order valence-corrected chi connectivity index (χ1v) is 14.4. The highest BCUT2D eigenvalue weighted by Gasteiger charge is 2.41. The van der Waals surface area contributed by atoms with E-state index in [1.165, 1.54) is 12.4 Å². The number of ether oxygens (including phenoxy) is 1. The summed E-state index contributed by atoms with van der Waals surface area (Å²) in [6.45, 7) is 7.90. The van der Waals surface area contributed by atoms with Crippen LogP contribution >= 0.6 is 11.3 Å². The monoisotopic (exact) mass is 566 g/mol. The molecule has 204 valence electrons. The molecule has 0 atom stereocenters. The van der Waals surface area contributed by atoms with Crippen molar-refractivity contribution in [2.24, 2.45) is 0 Å². The van der Waals surface area contributed by atoms with Gasteiger partial charge in [-0.05, 0) is 58.6 Å². The maximum atomic E-state index is 13.3. The number of alkyl halides is 2. The van der Waals surface area contributed by atoms with E-state index in [1.54, 1.807) is 36.1 Å². The molecule has 0 saturated heterocycles. The van der Waals surface area contributed by atoms with Crippen LogP contribution in [0.25, 0.3) is 21.9 Å². The molecule has 0 bridgehead atoms. The van der Waals surface area contributed by atoms with Crippen molar-refractivity contribution >= 4 is 38.7 Å². The zero-order valence-corrected chi connectivity index (χ0v) is 23.0. The quantitative estimate of drug-likeness (QED) is 0.462. The van der Waals surface area contributed by atoms with E-state index >= 15 is 0 Å². The fraction of sp³-hybridized carbons (Fsp3) is 0.500. The Kier molecular flexibility index (Phi) is 6.55. The third-order valence-corrected chi connectivity index (χ3v) is 8.88. The van der Waals surface area contributed by atoms with Crippen LogP contribution < -0.4 is 4.72 Å². The van der Waals surface area contributed by atoms with Crippen LogP contribution in [0, 0.1) is 0 Å². The summed E-state index contributed by atoms with van der Waals surface area (Å²) >= 11 is 0.725. The second kappa shape index (κ2) is 9.35. The molecule has 1 aliphatic heterocycles. The standard InChI is InChI=1S/C24H28F2N6O4S2/c1-23(2,3)36-22(33)31-9-5-14(6-10-31)16-11-15(38(34,35)30-24(4)7-8-24)13-32-17(12-27-19(16)32)20-28-29-21(37-20)18(25)26/h5,11-13,18,30H,6-10H2,1-4H3. The molecule has 0 unspecified atom stereocenters. The van der Waals surface area contributed by atoms with Gasteiger partial charge in [0.05, 0.1) is 11.1 Å². The number of sulfonamides is 1. The summed E-state index contributed by atoms with van der Waals surface area (Å²) in [5, 5.41) is 7.20. The molecule has 5 rings (SSSR count). The second-order valence-corrected chi connectivity index (χ2v) is 13.4. The minimum atomic E-state index is -3.90. The van der Waals surface area contributed by atoms with Crippen molar-refractivity contribution in [3.05, 3.63) is 35.1 Å². The van der Waals surface area contributed by atoms with Gasteiger partial charge in [-0.3, -0.25) is 4.40 Å². The summed E-state index contributed by atoms with van der Waals surface area (Å²) in [7, 11) is -3.90. The van der Waals surface area contributed by atoms with E-state index in [0.29, 0.717) is 29.9 Å². The molecule has 2 aliphatic rings. The molecule has 0 aromatic carbocycles. The molecule has 1 aliphatic carbocycles. The lowest BCUT2D eigenvalue weighted by atomic mass is 10.0. The molecular weight excluding hydrogens is 538 g/mol. The van der Waals surface area contributed by atoms with Gasteiger partial charge >= 0.3 is 6.09 Å². The number of aromatic nitrogens is 4. The molecule has 1 amide bonds. The van der Waals surface area contributed by atoms with Crippen LogP contribution in [0.4, 0.5) is 13.6 Å². The summed E-state index contributed by atoms with van der Waals surface area (Å²) in [6, 6.07) is 1.57. The van der Waals surface area contributed by atoms with Crippen molar-refractivity contribution < 1.29 is 26.7 Å². The number of pyridine rings is 1. The summed E-state index contributed by atoms with van der Waals surface area (Å²) in [5.74, 6) is 0. The fourth-order valence-corrected chi connectivity index (χ4v) is 6.30. The van der Waals surface area contributed by atoms with E-state index in [2.05, 4.69) is 19.9 Å². The van der Waals surface area contributed by atoms with Crippen molar-refractivity contribution in [3.8, 4) is 10.7 Å². The van der Waals surface area contributed by atoms with Crippen molar-refractivity contribution in [2.75, 3.05) is 13.1 Å². The Morgan fingerprint density at radius 3 is 2.58 bits per heavy atom. The molecule has 3 aromatic heterocycles. The molecular formula is C24H28F2N6O4S2. The van der Waals surface area contributed by atoms with Crippen molar-refractivity contribution in [1.82, 2.24) is 29.2 Å². The van der Waals surface area contributed by atoms with Crippen LogP contribution in [0.2, 0.25) is 0 Å². The number of nitrogens with one attached hydrogen (secondary N) is 1. The smallest absolute Gasteiger partial charge is 0.410 e. The topological polar surface area (TPSA) is 119 Å². The van der Waals surface area contributed by atoms with Gasteiger partial charge in [0, 0.05) is 30.4 Å². The van der Waals surface area contributed by atoms with Gasteiger partial charge in [0.1, 0.15) is 16.9 Å². The Balaban J connectivity index is 1.57. The largest absolute Gasteiger partial charge is 0.444 e. The number of imidazole rings is 1. The third-order valence-electron chi connectivity index (χ3n) is 6.32. The van der Waals surface area contributed by atoms with Gasteiger partial charge in [-0.2, -0.15) is 0 Å². The van der Waals surface area contributed by atoms with E-state index < -0.39 is 38.7 Å². The van der Waals surface area contributed by atoms with Crippen LogP contribution in [0.5, 0.6) is 0 Å². The number of carbonyl (C=O) groups excluding carboxylic acids is 1. The van der Waals surface area contributed by atoms with Gasteiger partial charge in [-0.1, -0.05) is 17.4 Å². The highest BCUT2D eigenvalue weighted by molar-refractivity contribution is 7.89. The highest BCUT2D eigenvalue weighted by Crippen LogP contribution is 2.37. The Hall–Kier alpha value is -2.97. The molecule has 0 spiro atoms. The number of carbonyl (C=O) groups is 1. The first kappa shape index (κ1) is 26.6. The summed E-state index contributed by atoms with van der Waals surface area (Å²) < 4.78 is 62.8. The molecule has 10 nitrogen and oxygen atoms in total. The van der Waals surface area contributed by atoms with E-state index in [-0.39, 0.29) is 16.4 Å². The first-order chi connectivity index (χ1) is 17.7. The maximum absolute atomic E-state index is 13.3. The Morgan fingerprint density at radius 2 is 2.00 bits per heavy atom. The van der Waals surface area contributed by atoms with Crippen LogP contribution in [-0.4, -0.2) is 63.2 Å². The van der Waals surface area contributed by atoms with Gasteiger partial charge < -0.3 is 9.64 Å². The molecule has 14 heteroatoms. The van der Waals surface area contributed by atoms with Crippen LogP contribution in [0.15, 0.2) is 29.4 Å². The van der Waals surface area contributed by atoms with Gasteiger partial charge in [-0.25, -0.2) is 31.7 Å². The van der Waals surface area contributed by atoms with Crippen LogP contribution in [0.3, 0.4) is 0 Å². The lowest BCUT2D eigenvalue weighted by Gasteiger charge is -2.29. The normalized spacial score (nSPS) is 17.7. The molecule has 3 aromatic rings. The van der Waals surface area contributed by atoms with Crippen molar-refractivity contribution in [2.45, 2.75) is 69.4 Å². The average Bonchev–Trinajstić information content (AvgIpc) is 3.22. The minimum Gasteiger partial charge on any atom is -0.444 e. The van der Waals surface area contributed by atoms with E-state index in [4.69, 9.17) is 4.74 Å². The minimum absolute atomic E-state index is 0.0152. The predicted octanol–water partition coefficient (Wildman–Crippen LogP) is 4.65. The lowest BCUT2D eigenvalue weighted by molar-refractivity contribution is 0.0270. The number of hydrogen-bond acceptors (Lipinski definition) is 8. The Labute approximate surface area is 222 Å². The Morgan fingerprint density at radius 1 is 1.26 bits per heavy atom. The Bertz CT molecular complexity index is 1540. The van der Waals surface area contributed by atoms with Crippen LogP contribution in [0.1, 0.15) is 64.0 Å². The fourth-order valence-electron chi connectivity index (χ4n) is 4.11.